The van der Waals surface area contributed by atoms with Gasteiger partial charge in [-0.05, 0) is 49.8 Å². The van der Waals surface area contributed by atoms with Crippen molar-refractivity contribution in [1.29, 1.82) is 0 Å². The molecule has 2 heterocycles. The molecule has 0 bridgehead atoms. The molecular formula is C21H28N2O3S. The van der Waals surface area contributed by atoms with Gasteiger partial charge in [0.2, 0.25) is 0 Å². The molecule has 0 aliphatic carbocycles. The van der Waals surface area contributed by atoms with E-state index in [0.29, 0.717) is 11.7 Å². The molecule has 1 N–H and O–H groups in total. The van der Waals surface area contributed by atoms with E-state index >= 15 is 0 Å². The molecule has 1 fully saturated rings. The van der Waals surface area contributed by atoms with Crippen molar-refractivity contribution >= 4 is 22.4 Å². The van der Waals surface area contributed by atoms with Gasteiger partial charge in [0.15, 0.2) is 5.13 Å². The van der Waals surface area contributed by atoms with E-state index in [0.717, 1.165) is 30.7 Å². The molecule has 27 heavy (non-hydrogen) atoms. The van der Waals surface area contributed by atoms with Gasteiger partial charge in [-0.15, -0.1) is 11.3 Å². The number of rotatable bonds is 7. The highest BCUT2D eigenvalue weighted by atomic mass is 32.1. The number of thiazole rings is 1. The third-order valence-corrected chi connectivity index (χ3v) is 5.64. The van der Waals surface area contributed by atoms with Crippen LogP contribution in [0, 0.1) is 19.8 Å². The number of carbonyl (C=O) groups excluding carboxylic acids is 1. The lowest BCUT2D eigenvalue weighted by atomic mass is 10.1. The van der Waals surface area contributed by atoms with Crippen molar-refractivity contribution in [3.05, 3.63) is 34.7 Å². The molecule has 1 aliphatic heterocycles. The van der Waals surface area contributed by atoms with E-state index in [1.165, 1.54) is 22.5 Å². The van der Waals surface area contributed by atoms with Gasteiger partial charge in [0.1, 0.15) is 6.10 Å². The summed E-state index contributed by atoms with van der Waals surface area (Å²) in [6.45, 7) is 9.40. The number of nitrogens with zero attached hydrogens (tertiary/aromatic N) is 1. The van der Waals surface area contributed by atoms with E-state index in [9.17, 15) is 4.79 Å². The van der Waals surface area contributed by atoms with Gasteiger partial charge in [-0.2, -0.15) is 0 Å². The highest BCUT2D eigenvalue weighted by Gasteiger charge is 2.26. The number of aryl methyl sites for hydroxylation is 2. The molecule has 0 unspecified atom stereocenters. The fourth-order valence-corrected chi connectivity index (χ4v) is 3.82. The lowest BCUT2D eigenvalue weighted by Gasteiger charge is -2.22. The Morgan fingerprint density at radius 3 is 2.85 bits per heavy atom. The maximum Gasteiger partial charge on any atom is 0.255 e. The Kier molecular flexibility index (Phi) is 6.63. The minimum atomic E-state index is -0.511. The molecule has 5 nitrogen and oxygen atoms in total. The summed E-state index contributed by atoms with van der Waals surface area (Å²) in [4.78, 5) is 17.3. The van der Waals surface area contributed by atoms with Gasteiger partial charge in [0, 0.05) is 17.6 Å². The number of amides is 1. The average molecular weight is 389 g/mol. The predicted octanol–water partition coefficient (Wildman–Crippen LogP) is 4.59. The smallest absolute Gasteiger partial charge is 0.255 e. The van der Waals surface area contributed by atoms with Gasteiger partial charge < -0.3 is 9.47 Å². The number of aromatic nitrogens is 1. The largest absolute Gasteiger partial charge is 0.376 e. The highest BCUT2D eigenvalue weighted by Crippen LogP contribution is 2.27. The van der Waals surface area contributed by atoms with Crippen LogP contribution in [0.3, 0.4) is 0 Å². The van der Waals surface area contributed by atoms with Crippen LogP contribution in [0.25, 0.3) is 11.3 Å². The normalized spacial score (nSPS) is 18.0. The number of anilines is 1. The van der Waals surface area contributed by atoms with E-state index < -0.39 is 6.10 Å². The van der Waals surface area contributed by atoms with Gasteiger partial charge in [0.25, 0.3) is 5.91 Å². The zero-order chi connectivity index (χ0) is 19.4. The zero-order valence-electron chi connectivity index (χ0n) is 16.5. The minimum Gasteiger partial charge on any atom is -0.376 e. The molecule has 2 aromatic rings. The molecule has 0 saturated carbocycles. The summed E-state index contributed by atoms with van der Waals surface area (Å²) in [5, 5.41) is 5.48. The standard InChI is InChI=1S/C21H28N2O3S/c1-13(2)19(26-11-17-6-5-9-25-17)20(24)23-21-22-18(12-27-21)16-8-7-14(3)15(4)10-16/h7-8,10,12-13,17,19H,5-6,9,11H2,1-4H3,(H,22,23,24)/t17-,19+/m0/s1. The van der Waals surface area contributed by atoms with Crippen molar-refractivity contribution in [3.63, 3.8) is 0 Å². The molecule has 2 atom stereocenters. The monoisotopic (exact) mass is 388 g/mol. The minimum absolute atomic E-state index is 0.0746. The molecule has 0 spiro atoms. The maximum atomic E-state index is 12.7. The Balaban J connectivity index is 1.63. The summed E-state index contributed by atoms with van der Waals surface area (Å²) in [6.07, 6.45) is 1.66. The first kappa shape index (κ1) is 20.0. The Bertz CT molecular complexity index is 781. The van der Waals surface area contributed by atoms with Gasteiger partial charge in [-0.1, -0.05) is 26.0 Å². The zero-order valence-corrected chi connectivity index (χ0v) is 17.3. The van der Waals surface area contributed by atoms with Crippen LogP contribution in [0.5, 0.6) is 0 Å². The maximum absolute atomic E-state index is 12.7. The van der Waals surface area contributed by atoms with Gasteiger partial charge in [-0.3, -0.25) is 10.1 Å². The molecule has 0 radical (unpaired) electrons. The summed E-state index contributed by atoms with van der Waals surface area (Å²) in [5.41, 5.74) is 4.42. The molecule has 6 heteroatoms. The topological polar surface area (TPSA) is 60.5 Å². The second-order valence-electron chi connectivity index (χ2n) is 7.46. The van der Waals surface area contributed by atoms with Crippen LogP contribution in [-0.2, 0) is 14.3 Å². The highest BCUT2D eigenvalue weighted by molar-refractivity contribution is 7.14. The quantitative estimate of drug-likeness (QED) is 0.754. The molecule has 3 rings (SSSR count). The Labute approximate surface area is 165 Å². The number of benzene rings is 1. The molecule has 1 saturated heterocycles. The number of hydrogen-bond donors (Lipinski definition) is 1. The number of carbonyl (C=O) groups is 1. The summed E-state index contributed by atoms with van der Waals surface area (Å²) in [7, 11) is 0. The molecule has 1 aromatic carbocycles. The van der Waals surface area contributed by atoms with Crippen LogP contribution in [0.2, 0.25) is 0 Å². The molecule has 146 valence electrons. The van der Waals surface area contributed by atoms with E-state index in [2.05, 4.69) is 42.3 Å². The SMILES string of the molecule is Cc1ccc(-c2csc(NC(=O)[C@H](OC[C@@H]3CCCO3)C(C)C)n2)cc1C. The fourth-order valence-electron chi connectivity index (χ4n) is 3.10. The van der Waals surface area contributed by atoms with Crippen molar-refractivity contribution in [2.75, 3.05) is 18.5 Å². The third kappa shape index (κ3) is 5.15. The van der Waals surface area contributed by atoms with Crippen molar-refractivity contribution in [3.8, 4) is 11.3 Å². The lowest BCUT2D eigenvalue weighted by Crippen LogP contribution is -2.36. The molecular weight excluding hydrogens is 360 g/mol. The first-order valence-corrected chi connectivity index (χ1v) is 10.4. The van der Waals surface area contributed by atoms with Crippen LogP contribution in [0.4, 0.5) is 5.13 Å². The summed E-state index contributed by atoms with van der Waals surface area (Å²) >= 11 is 1.43. The summed E-state index contributed by atoms with van der Waals surface area (Å²) < 4.78 is 11.5. The predicted molar refractivity (Wildman–Crippen MR) is 109 cm³/mol. The third-order valence-electron chi connectivity index (χ3n) is 4.89. The van der Waals surface area contributed by atoms with Crippen LogP contribution in [0.1, 0.15) is 37.8 Å². The first-order valence-electron chi connectivity index (χ1n) is 9.51. The Morgan fingerprint density at radius 2 is 2.19 bits per heavy atom. The van der Waals surface area contributed by atoms with Crippen LogP contribution in [-0.4, -0.2) is 36.3 Å². The van der Waals surface area contributed by atoms with E-state index in [-0.39, 0.29) is 17.9 Å². The number of ether oxygens (including phenoxy) is 2. The van der Waals surface area contributed by atoms with E-state index in [1.54, 1.807) is 0 Å². The van der Waals surface area contributed by atoms with Gasteiger partial charge >= 0.3 is 0 Å². The van der Waals surface area contributed by atoms with Crippen LogP contribution < -0.4 is 5.32 Å². The lowest BCUT2D eigenvalue weighted by molar-refractivity contribution is -0.132. The molecule has 1 aliphatic rings. The number of hydrogen-bond acceptors (Lipinski definition) is 5. The number of nitrogens with one attached hydrogen (secondary N) is 1. The second-order valence-corrected chi connectivity index (χ2v) is 8.32. The summed E-state index contributed by atoms with van der Waals surface area (Å²) in [6, 6.07) is 6.28. The average Bonchev–Trinajstić information content (AvgIpc) is 3.29. The van der Waals surface area contributed by atoms with Crippen LogP contribution >= 0.6 is 11.3 Å². The van der Waals surface area contributed by atoms with E-state index in [1.807, 2.05) is 19.2 Å². The van der Waals surface area contributed by atoms with Crippen LogP contribution in [0.15, 0.2) is 23.6 Å². The van der Waals surface area contributed by atoms with Gasteiger partial charge in [-0.25, -0.2) is 4.98 Å². The van der Waals surface area contributed by atoms with Crippen molar-refractivity contribution in [2.45, 2.75) is 52.7 Å². The Hall–Kier alpha value is -1.76. The molecule has 1 amide bonds. The summed E-state index contributed by atoms with van der Waals surface area (Å²) in [5.74, 6) is -0.0745. The first-order chi connectivity index (χ1) is 12.9. The fraction of sp³-hybridized carbons (Fsp3) is 0.524. The molecule has 1 aromatic heterocycles. The van der Waals surface area contributed by atoms with Crippen molar-refractivity contribution < 1.29 is 14.3 Å². The van der Waals surface area contributed by atoms with Crippen molar-refractivity contribution in [1.82, 2.24) is 4.98 Å². The van der Waals surface area contributed by atoms with Crippen molar-refractivity contribution in [2.24, 2.45) is 5.92 Å². The Morgan fingerprint density at radius 1 is 1.37 bits per heavy atom. The van der Waals surface area contributed by atoms with Gasteiger partial charge in [0.05, 0.1) is 18.4 Å². The van der Waals surface area contributed by atoms with E-state index in [4.69, 9.17) is 9.47 Å². The second kappa shape index (κ2) is 8.95.